The fraction of sp³-hybridized carbons (Fsp3) is 0.316. The third-order valence-corrected chi connectivity index (χ3v) is 5.08. The summed E-state index contributed by atoms with van der Waals surface area (Å²) in [5.41, 5.74) is 5.31. The number of hydrazone groups is 1. The van der Waals surface area contributed by atoms with E-state index in [4.69, 9.17) is 20.6 Å². The fourth-order valence-corrected chi connectivity index (χ4v) is 3.21. The van der Waals surface area contributed by atoms with E-state index in [1.54, 1.807) is 37.4 Å². The highest BCUT2D eigenvalue weighted by atomic mass is 35.5. The Morgan fingerprint density at radius 3 is 2.86 bits per heavy atom. The highest BCUT2D eigenvalue weighted by molar-refractivity contribution is 7.96. The number of hydroxylamine groups is 2. The Kier molecular flexibility index (Phi) is 7.84. The Bertz CT molecular complexity index is 876. The monoisotopic (exact) mass is 435 g/mol. The van der Waals surface area contributed by atoms with Gasteiger partial charge in [0.05, 0.1) is 18.9 Å². The normalized spacial score (nSPS) is 15.2. The number of pyridine rings is 1. The summed E-state index contributed by atoms with van der Waals surface area (Å²) < 4.78 is 12.8. The summed E-state index contributed by atoms with van der Waals surface area (Å²) in [6.07, 6.45) is 1.59. The summed E-state index contributed by atoms with van der Waals surface area (Å²) >= 11 is 7.09. The molecule has 2 heterocycles. The van der Waals surface area contributed by atoms with Crippen LogP contribution in [0.25, 0.3) is 0 Å². The van der Waals surface area contributed by atoms with Gasteiger partial charge >= 0.3 is 0 Å². The van der Waals surface area contributed by atoms with Crippen molar-refractivity contribution in [2.24, 2.45) is 5.10 Å². The Morgan fingerprint density at radius 2 is 2.10 bits per heavy atom. The second-order valence-electron chi connectivity index (χ2n) is 6.24. The molecule has 1 aliphatic heterocycles. The van der Waals surface area contributed by atoms with Gasteiger partial charge in [-0.1, -0.05) is 17.7 Å². The number of carbonyl (C=O) groups excluding carboxylic acids is 1. The lowest BCUT2D eigenvalue weighted by Gasteiger charge is -2.26. The van der Waals surface area contributed by atoms with E-state index in [-0.39, 0.29) is 5.91 Å². The second kappa shape index (κ2) is 10.6. The molecular weight excluding hydrogens is 414 g/mol. The van der Waals surface area contributed by atoms with Gasteiger partial charge in [-0.15, -0.1) is 0 Å². The lowest BCUT2D eigenvalue weighted by Crippen LogP contribution is -2.35. The van der Waals surface area contributed by atoms with Gasteiger partial charge in [-0.25, -0.2) is 14.7 Å². The van der Waals surface area contributed by atoms with Crippen LogP contribution in [0.4, 0.5) is 5.69 Å². The van der Waals surface area contributed by atoms with Crippen molar-refractivity contribution < 1.29 is 13.8 Å². The van der Waals surface area contributed by atoms with Gasteiger partial charge in [-0.2, -0.15) is 10.2 Å². The number of morpholine rings is 1. The molecule has 8 nitrogen and oxygen atoms in total. The van der Waals surface area contributed by atoms with Crippen LogP contribution in [-0.4, -0.2) is 55.0 Å². The van der Waals surface area contributed by atoms with E-state index in [0.717, 1.165) is 24.3 Å². The van der Waals surface area contributed by atoms with E-state index in [1.165, 1.54) is 12.2 Å². The number of carbonyl (C=O) groups is 1. The quantitative estimate of drug-likeness (QED) is 0.235. The predicted octanol–water partition coefficient (Wildman–Crippen LogP) is 3.15. The van der Waals surface area contributed by atoms with E-state index >= 15 is 0 Å². The third kappa shape index (κ3) is 6.41. The van der Waals surface area contributed by atoms with Crippen LogP contribution in [0.15, 0.2) is 47.7 Å². The largest absolute Gasteiger partial charge is 0.379 e. The van der Waals surface area contributed by atoms with E-state index in [9.17, 15) is 4.79 Å². The van der Waals surface area contributed by atoms with Gasteiger partial charge in [-0.05, 0) is 37.3 Å². The Morgan fingerprint density at radius 1 is 1.31 bits per heavy atom. The number of hydrogen-bond donors (Lipinski definition) is 1. The van der Waals surface area contributed by atoms with E-state index in [1.807, 2.05) is 28.5 Å². The summed E-state index contributed by atoms with van der Waals surface area (Å²) in [6, 6.07) is 10.7. The summed E-state index contributed by atoms with van der Waals surface area (Å²) in [5, 5.41) is 6.38. The zero-order valence-corrected chi connectivity index (χ0v) is 17.7. The molecule has 1 aromatic carbocycles. The molecule has 1 saturated heterocycles. The molecule has 1 amide bonds. The number of nitrogens with one attached hydrogen (secondary N) is 1. The highest BCUT2D eigenvalue weighted by Gasteiger charge is 2.14. The maximum atomic E-state index is 12.5. The summed E-state index contributed by atoms with van der Waals surface area (Å²) in [4.78, 5) is 16.4. The summed E-state index contributed by atoms with van der Waals surface area (Å²) in [7, 11) is 1.87. The number of anilines is 1. The number of ether oxygens (including phenoxy) is 1. The molecule has 0 atom stereocenters. The number of halogens is 1. The van der Waals surface area contributed by atoms with Gasteiger partial charge in [0.25, 0.3) is 5.91 Å². The Hall–Kier alpha value is -2.17. The first-order chi connectivity index (χ1) is 14.0. The van der Waals surface area contributed by atoms with Gasteiger partial charge in [0.2, 0.25) is 0 Å². The number of amides is 1. The van der Waals surface area contributed by atoms with Crippen molar-refractivity contribution in [1.82, 2.24) is 15.5 Å². The number of benzene rings is 1. The number of aromatic nitrogens is 1. The molecule has 0 saturated carbocycles. The first-order valence-corrected chi connectivity index (χ1v) is 10.1. The molecule has 10 heteroatoms. The van der Waals surface area contributed by atoms with Gasteiger partial charge < -0.3 is 4.74 Å². The molecule has 1 aliphatic rings. The molecule has 1 aromatic heterocycles. The van der Waals surface area contributed by atoms with Crippen LogP contribution in [-0.2, 0) is 9.02 Å². The molecule has 0 aliphatic carbocycles. The Labute approximate surface area is 179 Å². The first-order valence-electron chi connectivity index (χ1n) is 9.01. The van der Waals surface area contributed by atoms with E-state index in [2.05, 4.69) is 15.5 Å². The highest BCUT2D eigenvalue weighted by Crippen LogP contribution is 2.23. The minimum Gasteiger partial charge on any atom is -0.379 e. The molecule has 154 valence electrons. The number of hydrogen-bond acceptors (Lipinski definition) is 8. The number of rotatable bonds is 7. The first kappa shape index (κ1) is 21.5. The molecule has 1 fully saturated rings. The minimum atomic E-state index is -0.307. The molecular formula is C19H22ClN5O3S. The lowest BCUT2D eigenvalue weighted by atomic mass is 10.2. The van der Waals surface area contributed by atoms with Crippen LogP contribution in [0, 0.1) is 0 Å². The third-order valence-electron chi connectivity index (χ3n) is 4.16. The van der Waals surface area contributed by atoms with Crippen molar-refractivity contribution in [3.05, 3.63) is 58.9 Å². The molecule has 0 radical (unpaired) electrons. The van der Waals surface area contributed by atoms with Crippen LogP contribution in [0.3, 0.4) is 0 Å². The molecule has 0 bridgehead atoms. The smallest absolute Gasteiger partial charge is 0.271 e. The van der Waals surface area contributed by atoms with Crippen LogP contribution >= 0.6 is 23.8 Å². The van der Waals surface area contributed by atoms with Crippen LogP contribution in [0.2, 0.25) is 5.15 Å². The Balaban J connectivity index is 1.59. The van der Waals surface area contributed by atoms with Crippen molar-refractivity contribution in [2.75, 3.05) is 37.7 Å². The van der Waals surface area contributed by atoms with Crippen molar-refractivity contribution in [3.8, 4) is 0 Å². The van der Waals surface area contributed by atoms with Crippen molar-refractivity contribution >= 4 is 41.1 Å². The second-order valence-corrected chi connectivity index (χ2v) is 7.48. The van der Waals surface area contributed by atoms with Crippen LogP contribution in [0.1, 0.15) is 22.8 Å². The van der Waals surface area contributed by atoms with Gasteiger partial charge in [0.1, 0.15) is 17.4 Å². The van der Waals surface area contributed by atoms with Crippen molar-refractivity contribution in [2.45, 2.75) is 6.92 Å². The zero-order valence-electron chi connectivity index (χ0n) is 16.2. The molecule has 0 unspecified atom stereocenters. The number of nitrogens with zero attached hydrogens (tertiary/aromatic N) is 4. The lowest BCUT2D eigenvalue weighted by molar-refractivity contribution is -0.105. The van der Waals surface area contributed by atoms with Crippen LogP contribution < -0.4 is 9.73 Å². The maximum absolute atomic E-state index is 12.5. The van der Waals surface area contributed by atoms with Crippen LogP contribution in [0.5, 0.6) is 0 Å². The SMILES string of the molecule is C/C(=N\NC(=O)c1cccc(N(C)SON2CCOCC2)c1)c1ccnc(Cl)c1. The molecule has 1 N–H and O–H groups in total. The molecule has 29 heavy (non-hydrogen) atoms. The average molecular weight is 436 g/mol. The molecule has 2 aromatic rings. The standard InChI is InChI=1S/C19H22ClN5O3S/c1-14(15-6-7-21-18(20)13-15)22-23-19(26)16-4-3-5-17(12-16)24(2)29-28-25-8-10-27-11-9-25/h3-7,12-13H,8-11H2,1-2H3,(H,23,26)/b22-14+. The van der Waals surface area contributed by atoms with Crippen molar-refractivity contribution in [3.63, 3.8) is 0 Å². The average Bonchev–Trinajstić information content (AvgIpc) is 2.76. The van der Waals surface area contributed by atoms with Crippen molar-refractivity contribution in [1.29, 1.82) is 0 Å². The molecule has 0 spiro atoms. The van der Waals surface area contributed by atoms with Gasteiger partial charge in [0.15, 0.2) is 0 Å². The van der Waals surface area contributed by atoms with Gasteiger partial charge in [-0.3, -0.25) is 9.10 Å². The topological polar surface area (TPSA) is 79.3 Å². The summed E-state index contributed by atoms with van der Waals surface area (Å²) in [5.74, 6) is -0.307. The minimum absolute atomic E-state index is 0.307. The zero-order chi connectivity index (χ0) is 20.6. The molecule has 3 rings (SSSR count). The fourth-order valence-electron chi connectivity index (χ4n) is 2.50. The van der Waals surface area contributed by atoms with E-state index < -0.39 is 0 Å². The maximum Gasteiger partial charge on any atom is 0.271 e. The predicted molar refractivity (Wildman–Crippen MR) is 115 cm³/mol. The summed E-state index contributed by atoms with van der Waals surface area (Å²) in [6.45, 7) is 4.56. The van der Waals surface area contributed by atoms with E-state index in [0.29, 0.717) is 29.6 Å². The van der Waals surface area contributed by atoms with Gasteiger partial charge in [0, 0.05) is 43.1 Å².